The summed E-state index contributed by atoms with van der Waals surface area (Å²) in [6, 6.07) is 0. The minimum absolute atomic E-state index is 0.0695. The molecule has 0 bridgehead atoms. The lowest BCUT2D eigenvalue weighted by Crippen LogP contribution is -2.46. The molecule has 0 spiro atoms. The van der Waals surface area contributed by atoms with Gasteiger partial charge in [0.2, 0.25) is 10.0 Å². The maximum Gasteiger partial charge on any atom is 0.259 e. The smallest absolute Gasteiger partial charge is 0.259 e. The molecule has 3 heterocycles. The van der Waals surface area contributed by atoms with E-state index in [0.29, 0.717) is 37.6 Å². The van der Waals surface area contributed by atoms with Crippen LogP contribution in [0.1, 0.15) is 22.5 Å². The molecule has 0 aromatic carbocycles. The molecule has 0 saturated carbocycles. The zero-order valence-corrected chi connectivity index (χ0v) is 14.0. The van der Waals surface area contributed by atoms with Crippen LogP contribution in [0.2, 0.25) is 0 Å². The van der Waals surface area contributed by atoms with Crippen molar-refractivity contribution < 1.29 is 22.5 Å². The van der Waals surface area contributed by atoms with Gasteiger partial charge >= 0.3 is 0 Å². The normalized spacial score (nSPS) is 27.9. The van der Waals surface area contributed by atoms with Gasteiger partial charge in [-0.25, -0.2) is 13.1 Å². The van der Waals surface area contributed by atoms with Crippen LogP contribution in [0.4, 0.5) is 0 Å². The van der Waals surface area contributed by atoms with Gasteiger partial charge in [0.1, 0.15) is 11.3 Å². The van der Waals surface area contributed by atoms with E-state index < -0.39 is 10.0 Å². The van der Waals surface area contributed by atoms with Gasteiger partial charge in [-0.05, 0) is 19.3 Å². The molecule has 2 saturated heterocycles. The highest BCUT2D eigenvalue weighted by molar-refractivity contribution is 7.88. The molecule has 2 fully saturated rings. The van der Waals surface area contributed by atoms with Gasteiger partial charge in [-0.2, -0.15) is 0 Å². The lowest BCUT2D eigenvalue weighted by molar-refractivity contribution is 0.0615. The van der Waals surface area contributed by atoms with Crippen LogP contribution >= 0.6 is 0 Å². The minimum atomic E-state index is -3.22. The number of rotatable bonds is 4. The molecule has 1 N–H and O–H groups in total. The van der Waals surface area contributed by atoms with Crippen LogP contribution in [0, 0.1) is 18.8 Å². The van der Waals surface area contributed by atoms with E-state index in [1.165, 1.54) is 6.20 Å². The number of carbonyl (C=O) groups is 1. The van der Waals surface area contributed by atoms with E-state index in [9.17, 15) is 13.2 Å². The minimum Gasteiger partial charge on any atom is -0.376 e. The Bertz CT molecular complexity index is 686. The quantitative estimate of drug-likeness (QED) is 0.826. The number of piperidine rings is 1. The third kappa shape index (κ3) is 3.56. The molecule has 3 rings (SSSR count). The number of nitrogens with zero attached hydrogens (tertiary/aromatic N) is 2. The lowest BCUT2D eigenvalue weighted by Gasteiger charge is -2.35. The average molecular weight is 343 g/mol. The van der Waals surface area contributed by atoms with Gasteiger partial charge in [-0.15, -0.1) is 0 Å². The Morgan fingerprint density at radius 2 is 2.30 bits per heavy atom. The summed E-state index contributed by atoms with van der Waals surface area (Å²) >= 11 is 0. The molecular formula is C14H21N3O5S. The lowest BCUT2D eigenvalue weighted by atomic mass is 9.84. The van der Waals surface area contributed by atoms with Gasteiger partial charge in [-0.1, -0.05) is 5.16 Å². The first-order valence-corrected chi connectivity index (χ1v) is 9.51. The van der Waals surface area contributed by atoms with E-state index >= 15 is 0 Å². The largest absolute Gasteiger partial charge is 0.376 e. The molecule has 0 unspecified atom stereocenters. The molecule has 23 heavy (non-hydrogen) atoms. The van der Waals surface area contributed by atoms with Gasteiger partial charge in [0, 0.05) is 25.6 Å². The van der Waals surface area contributed by atoms with Gasteiger partial charge in [0.15, 0.2) is 0 Å². The first kappa shape index (κ1) is 16.4. The highest BCUT2D eigenvalue weighted by Crippen LogP contribution is 2.34. The number of aryl methyl sites for hydroxylation is 1. The molecule has 9 heteroatoms. The zero-order valence-electron chi connectivity index (χ0n) is 13.2. The number of nitrogens with one attached hydrogen (secondary N) is 1. The molecule has 3 atom stereocenters. The van der Waals surface area contributed by atoms with Crippen LogP contribution in [0.15, 0.2) is 10.7 Å². The number of hydrogen-bond donors (Lipinski definition) is 1. The highest BCUT2D eigenvalue weighted by Gasteiger charge is 2.42. The molecule has 2 aliphatic rings. The Hall–Kier alpha value is -1.45. The first-order valence-electron chi connectivity index (χ1n) is 7.62. The van der Waals surface area contributed by atoms with Crippen molar-refractivity contribution in [3.63, 3.8) is 0 Å². The van der Waals surface area contributed by atoms with Crippen LogP contribution in [0.5, 0.6) is 0 Å². The third-order valence-corrected chi connectivity index (χ3v) is 5.30. The molecule has 0 aliphatic carbocycles. The summed E-state index contributed by atoms with van der Waals surface area (Å²) in [4.78, 5) is 14.3. The predicted octanol–water partition coefficient (Wildman–Crippen LogP) is 0.00932. The van der Waals surface area contributed by atoms with Gasteiger partial charge < -0.3 is 14.2 Å². The number of aromatic nitrogens is 1. The number of fused-ring (bicyclic) bond motifs is 1. The van der Waals surface area contributed by atoms with Crippen LogP contribution in [-0.2, 0) is 14.8 Å². The molecule has 8 nitrogen and oxygen atoms in total. The number of likely N-dealkylation sites (tertiary alicyclic amines) is 1. The fourth-order valence-electron chi connectivity index (χ4n) is 3.39. The Morgan fingerprint density at radius 3 is 2.96 bits per heavy atom. The fourth-order valence-corrected chi connectivity index (χ4v) is 3.86. The van der Waals surface area contributed by atoms with Gasteiger partial charge in [0.05, 0.1) is 25.2 Å². The molecule has 1 aromatic heterocycles. The van der Waals surface area contributed by atoms with Crippen LogP contribution < -0.4 is 4.72 Å². The zero-order chi connectivity index (χ0) is 16.6. The summed E-state index contributed by atoms with van der Waals surface area (Å²) < 4.78 is 35.6. The Morgan fingerprint density at radius 1 is 1.52 bits per heavy atom. The van der Waals surface area contributed by atoms with Crippen LogP contribution in [-0.4, -0.2) is 63.0 Å². The second kappa shape index (κ2) is 6.21. The van der Waals surface area contributed by atoms with E-state index in [1.807, 2.05) is 0 Å². The maximum absolute atomic E-state index is 12.5. The van der Waals surface area contributed by atoms with Crippen molar-refractivity contribution in [2.45, 2.75) is 19.4 Å². The van der Waals surface area contributed by atoms with Crippen molar-refractivity contribution in [2.75, 3.05) is 32.5 Å². The summed E-state index contributed by atoms with van der Waals surface area (Å²) in [6.07, 6.45) is 3.27. The molecular weight excluding hydrogens is 322 g/mol. The number of amides is 1. The molecule has 2 aliphatic heterocycles. The first-order chi connectivity index (χ1) is 10.8. The number of sulfonamides is 1. The average Bonchev–Trinajstić information content (AvgIpc) is 3.09. The second-order valence-electron chi connectivity index (χ2n) is 6.25. The van der Waals surface area contributed by atoms with Crippen LogP contribution in [0.25, 0.3) is 0 Å². The van der Waals surface area contributed by atoms with E-state index in [4.69, 9.17) is 9.26 Å². The number of ether oxygens (including phenoxy) is 1. The maximum atomic E-state index is 12.5. The van der Waals surface area contributed by atoms with Crippen molar-refractivity contribution in [3.8, 4) is 0 Å². The topological polar surface area (TPSA) is 102 Å². The second-order valence-corrected chi connectivity index (χ2v) is 8.08. The molecule has 128 valence electrons. The monoisotopic (exact) mass is 343 g/mol. The number of carbonyl (C=O) groups excluding carboxylic acids is 1. The summed E-state index contributed by atoms with van der Waals surface area (Å²) in [5.74, 6) is 0.964. The SMILES string of the molecule is Cc1oncc1C(=O)N1CC[C@H]2[C@H](CO[C@@H]2CNS(C)(=O)=O)C1. The van der Waals surface area contributed by atoms with Gasteiger partial charge in [0.25, 0.3) is 5.91 Å². The summed E-state index contributed by atoms with van der Waals surface area (Å²) in [7, 11) is -3.22. The Kier molecular flexibility index (Phi) is 4.43. The van der Waals surface area contributed by atoms with Crippen molar-refractivity contribution in [2.24, 2.45) is 11.8 Å². The standard InChI is InChI=1S/C14H21N3O5S/c1-9-12(5-15-22-9)14(18)17-4-3-11-10(7-17)8-21-13(11)6-16-23(2,19)20/h5,10-11,13,16H,3-4,6-8H2,1-2H3/t10-,11-,13+/m0/s1. The van der Waals surface area contributed by atoms with Crippen molar-refractivity contribution >= 4 is 15.9 Å². The summed E-state index contributed by atoms with van der Waals surface area (Å²) in [6.45, 7) is 3.80. The van der Waals surface area contributed by atoms with Crippen LogP contribution in [0.3, 0.4) is 0 Å². The highest BCUT2D eigenvalue weighted by atomic mass is 32.2. The van der Waals surface area contributed by atoms with E-state index in [2.05, 4.69) is 9.88 Å². The Labute approximate surface area is 135 Å². The fraction of sp³-hybridized carbons (Fsp3) is 0.714. The van der Waals surface area contributed by atoms with Crippen molar-refractivity contribution in [3.05, 3.63) is 17.5 Å². The third-order valence-electron chi connectivity index (χ3n) is 4.61. The molecule has 1 amide bonds. The van der Waals surface area contributed by atoms with Crippen molar-refractivity contribution in [1.29, 1.82) is 0 Å². The van der Waals surface area contributed by atoms with Crippen molar-refractivity contribution in [1.82, 2.24) is 14.8 Å². The molecule has 0 radical (unpaired) electrons. The summed E-state index contributed by atoms with van der Waals surface area (Å²) in [5, 5.41) is 3.65. The number of hydrogen-bond acceptors (Lipinski definition) is 6. The predicted molar refractivity (Wildman–Crippen MR) is 81.3 cm³/mol. The molecule has 1 aromatic rings. The van der Waals surface area contributed by atoms with E-state index in [1.54, 1.807) is 11.8 Å². The van der Waals surface area contributed by atoms with E-state index in [-0.39, 0.29) is 23.8 Å². The van der Waals surface area contributed by atoms with Gasteiger partial charge in [-0.3, -0.25) is 4.79 Å². The Balaban J connectivity index is 1.60. The summed E-state index contributed by atoms with van der Waals surface area (Å²) in [5.41, 5.74) is 0.498. The van der Waals surface area contributed by atoms with E-state index in [0.717, 1.165) is 12.7 Å².